The molecule has 0 bridgehead atoms. The summed E-state index contributed by atoms with van der Waals surface area (Å²) in [6.45, 7) is 3.88. The second-order valence-corrected chi connectivity index (χ2v) is 3.75. The molecule has 0 radical (unpaired) electrons. The van der Waals surface area contributed by atoms with E-state index < -0.39 is 0 Å². The number of amides is 2. The normalized spacial score (nSPS) is 15.9. The topological polar surface area (TPSA) is 57.3 Å². The molecule has 1 aromatic heterocycles. The first-order chi connectivity index (χ1) is 7.86. The molecule has 1 fully saturated rings. The zero-order chi connectivity index (χ0) is 11.2. The molecule has 2 heterocycles. The van der Waals surface area contributed by atoms with Crippen molar-refractivity contribution in [2.75, 3.05) is 26.2 Å². The van der Waals surface area contributed by atoms with Crippen LogP contribution in [0.25, 0.3) is 0 Å². The van der Waals surface area contributed by atoms with Gasteiger partial charge in [-0.05, 0) is 17.7 Å². The minimum Gasteiger partial charge on any atom is -0.334 e. The van der Waals surface area contributed by atoms with Gasteiger partial charge in [0.25, 0.3) is 0 Å². The number of hydrogen-bond donors (Lipinski definition) is 2. The zero-order valence-electron chi connectivity index (χ0n) is 9.15. The van der Waals surface area contributed by atoms with Crippen molar-refractivity contribution in [1.82, 2.24) is 20.5 Å². The molecule has 5 nitrogen and oxygen atoms in total. The maximum atomic E-state index is 11.7. The number of piperazine rings is 1. The number of carbonyl (C=O) groups is 1. The summed E-state index contributed by atoms with van der Waals surface area (Å²) in [5.41, 5.74) is 1.07. The minimum atomic E-state index is 0.0123. The molecule has 0 saturated carbocycles. The summed E-state index contributed by atoms with van der Waals surface area (Å²) in [6, 6.07) is 3.81. The monoisotopic (exact) mass is 220 g/mol. The van der Waals surface area contributed by atoms with Crippen LogP contribution in [0, 0.1) is 0 Å². The molecule has 1 aromatic rings. The van der Waals surface area contributed by atoms with E-state index >= 15 is 0 Å². The predicted molar refractivity (Wildman–Crippen MR) is 60.9 cm³/mol. The van der Waals surface area contributed by atoms with Gasteiger partial charge in [-0.3, -0.25) is 4.98 Å². The van der Waals surface area contributed by atoms with E-state index in [4.69, 9.17) is 0 Å². The average molecular weight is 220 g/mol. The van der Waals surface area contributed by atoms with Crippen LogP contribution in [0.5, 0.6) is 0 Å². The number of rotatable bonds is 2. The fourth-order valence-corrected chi connectivity index (χ4v) is 1.66. The molecule has 0 unspecified atom stereocenters. The van der Waals surface area contributed by atoms with Gasteiger partial charge < -0.3 is 15.5 Å². The summed E-state index contributed by atoms with van der Waals surface area (Å²) in [4.78, 5) is 17.5. The molecular formula is C11H16N4O. The molecule has 2 rings (SSSR count). The Labute approximate surface area is 94.9 Å². The summed E-state index contributed by atoms with van der Waals surface area (Å²) >= 11 is 0. The van der Waals surface area contributed by atoms with Gasteiger partial charge in [-0.25, -0.2) is 4.79 Å². The number of aromatic nitrogens is 1. The van der Waals surface area contributed by atoms with E-state index in [9.17, 15) is 4.79 Å². The first-order valence-electron chi connectivity index (χ1n) is 5.48. The van der Waals surface area contributed by atoms with Gasteiger partial charge in [-0.2, -0.15) is 0 Å². The molecule has 0 aliphatic carbocycles. The van der Waals surface area contributed by atoms with E-state index in [1.807, 2.05) is 17.0 Å². The first kappa shape index (κ1) is 10.9. The fourth-order valence-electron chi connectivity index (χ4n) is 1.66. The Bertz CT molecular complexity index is 335. The van der Waals surface area contributed by atoms with Crippen LogP contribution >= 0.6 is 0 Å². The van der Waals surface area contributed by atoms with E-state index in [-0.39, 0.29) is 6.03 Å². The Morgan fingerprint density at radius 1 is 1.38 bits per heavy atom. The Hall–Kier alpha value is -1.62. The molecule has 0 spiro atoms. The maximum Gasteiger partial charge on any atom is 0.317 e. The fraction of sp³-hybridized carbons (Fsp3) is 0.455. The van der Waals surface area contributed by atoms with Crippen molar-refractivity contribution in [3.8, 4) is 0 Å². The molecule has 1 saturated heterocycles. The van der Waals surface area contributed by atoms with Gasteiger partial charge in [0, 0.05) is 45.1 Å². The van der Waals surface area contributed by atoms with Gasteiger partial charge in [0.05, 0.1) is 0 Å². The van der Waals surface area contributed by atoms with Crippen molar-refractivity contribution in [3.05, 3.63) is 30.1 Å². The summed E-state index contributed by atoms with van der Waals surface area (Å²) in [6.07, 6.45) is 3.46. The Morgan fingerprint density at radius 2 is 2.06 bits per heavy atom. The number of urea groups is 1. The van der Waals surface area contributed by atoms with E-state index in [1.54, 1.807) is 12.4 Å². The second kappa shape index (κ2) is 5.46. The Kier molecular flexibility index (Phi) is 3.71. The molecule has 2 N–H and O–H groups in total. The standard InChI is InChI=1S/C11H16N4O/c16-11(15-7-5-13-6-8-15)14-9-10-1-3-12-4-2-10/h1-4,13H,5-9H2,(H,14,16). The van der Waals surface area contributed by atoms with Crippen LogP contribution < -0.4 is 10.6 Å². The lowest BCUT2D eigenvalue weighted by atomic mass is 10.3. The largest absolute Gasteiger partial charge is 0.334 e. The number of carbonyl (C=O) groups excluding carboxylic acids is 1. The molecule has 1 aliphatic rings. The quantitative estimate of drug-likeness (QED) is 0.748. The van der Waals surface area contributed by atoms with Gasteiger partial charge >= 0.3 is 6.03 Å². The number of hydrogen-bond acceptors (Lipinski definition) is 3. The van der Waals surface area contributed by atoms with Crippen LogP contribution in [0.15, 0.2) is 24.5 Å². The zero-order valence-corrected chi connectivity index (χ0v) is 9.15. The third-order valence-electron chi connectivity index (χ3n) is 2.60. The van der Waals surface area contributed by atoms with Crippen LogP contribution in [-0.2, 0) is 6.54 Å². The van der Waals surface area contributed by atoms with Crippen molar-refractivity contribution < 1.29 is 4.79 Å². The van der Waals surface area contributed by atoms with E-state index in [1.165, 1.54) is 0 Å². The van der Waals surface area contributed by atoms with Crippen molar-refractivity contribution in [2.45, 2.75) is 6.54 Å². The van der Waals surface area contributed by atoms with Crippen LogP contribution in [0.4, 0.5) is 4.79 Å². The lowest BCUT2D eigenvalue weighted by Crippen LogP contribution is -2.50. The van der Waals surface area contributed by atoms with Crippen molar-refractivity contribution in [3.63, 3.8) is 0 Å². The van der Waals surface area contributed by atoms with Gasteiger partial charge in [0.1, 0.15) is 0 Å². The van der Waals surface area contributed by atoms with Crippen LogP contribution in [0.1, 0.15) is 5.56 Å². The van der Waals surface area contributed by atoms with Crippen LogP contribution in [0.3, 0.4) is 0 Å². The second-order valence-electron chi connectivity index (χ2n) is 3.75. The highest BCUT2D eigenvalue weighted by Gasteiger charge is 2.14. The third kappa shape index (κ3) is 2.93. The SMILES string of the molecule is O=C(NCc1ccncc1)N1CCNCC1. The highest BCUT2D eigenvalue weighted by Crippen LogP contribution is 1.97. The molecule has 1 aliphatic heterocycles. The molecular weight excluding hydrogens is 204 g/mol. The summed E-state index contributed by atoms with van der Waals surface area (Å²) in [5, 5.41) is 6.11. The van der Waals surface area contributed by atoms with E-state index in [0.717, 1.165) is 31.7 Å². The van der Waals surface area contributed by atoms with Gasteiger partial charge in [-0.1, -0.05) is 0 Å². The summed E-state index contributed by atoms with van der Waals surface area (Å²) < 4.78 is 0. The number of pyridine rings is 1. The number of nitrogens with zero attached hydrogens (tertiary/aromatic N) is 2. The maximum absolute atomic E-state index is 11.7. The lowest BCUT2D eigenvalue weighted by molar-refractivity contribution is 0.190. The highest BCUT2D eigenvalue weighted by atomic mass is 16.2. The predicted octanol–water partition coefficient (Wildman–Crippen LogP) is 0.196. The van der Waals surface area contributed by atoms with Gasteiger partial charge in [0.15, 0.2) is 0 Å². The Balaban J connectivity index is 1.79. The molecule has 0 atom stereocenters. The highest BCUT2D eigenvalue weighted by molar-refractivity contribution is 5.74. The molecule has 86 valence electrons. The molecule has 16 heavy (non-hydrogen) atoms. The van der Waals surface area contributed by atoms with Crippen molar-refractivity contribution in [1.29, 1.82) is 0 Å². The molecule has 2 amide bonds. The molecule has 5 heteroatoms. The first-order valence-corrected chi connectivity index (χ1v) is 5.48. The number of nitrogens with one attached hydrogen (secondary N) is 2. The van der Waals surface area contributed by atoms with Crippen LogP contribution in [0.2, 0.25) is 0 Å². The van der Waals surface area contributed by atoms with E-state index in [0.29, 0.717) is 6.54 Å². The lowest BCUT2D eigenvalue weighted by Gasteiger charge is -2.27. The van der Waals surface area contributed by atoms with Gasteiger partial charge in [0.2, 0.25) is 0 Å². The van der Waals surface area contributed by atoms with Crippen molar-refractivity contribution in [2.24, 2.45) is 0 Å². The minimum absolute atomic E-state index is 0.0123. The third-order valence-corrected chi connectivity index (χ3v) is 2.60. The van der Waals surface area contributed by atoms with Crippen LogP contribution in [-0.4, -0.2) is 42.1 Å². The molecule has 0 aromatic carbocycles. The summed E-state index contributed by atoms with van der Waals surface area (Å²) in [7, 11) is 0. The smallest absolute Gasteiger partial charge is 0.317 e. The van der Waals surface area contributed by atoms with Crippen molar-refractivity contribution >= 4 is 6.03 Å². The average Bonchev–Trinajstić information content (AvgIpc) is 2.38. The Morgan fingerprint density at radius 3 is 2.75 bits per heavy atom. The summed E-state index contributed by atoms with van der Waals surface area (Å²) in [5.74, 6) is 0. The van der Waals surface area contributed by atoms with E-state index in [2.05, 4.69) is 15.6 Å². The van der Waals surface area contributed by atoms with Gasteiger partial charge in [-0.15, -0.1) is 0 Å².